The van der Waals surface area contributed by atoms with Gasteiger partial charge in [0.25, 0.3) is 5.79 Å². The Morgan fingerprint density at radius 2 is 2.00 bits per heavy atom. The topological polar surface area (TPSA) is 50.7 Å². The van der Waals surface area contributed by atoms with Gasteiger partial charge in [0.1, 0.15) is 0 Å². The second-order valence-electron chi connectivity index (χ2n) is 5.10. The number of fused-ring (bicyclic) bond motifs is 1. The molecule has 4 nitrogen and oxygen atoms in total. The maximum atomic E-state index is 9.95. The van der Waals surface area contributed by atoms with E-state index in [4.69, 9.17) is 9.47 Å². The van der Waals surface area contributed by atoms with E-state index in [1.165, 1.54) is 0 Å². The van der Waals surface area contributed by atoms with Gasteiger partial charge < -0.3 is 19.9 Å². The highest BCUT2D eigenvalue weighted by Gasteiger charge is 2.44. The third-order valence-electron chi connectivity index (χ3n) is 3.71. The predicted molar refractivity (Wildman–Crippen MR) is 67.8 cm³/mol. The van der Waals surface area contributed by atoms with E-state index >= 15 is 0 Å². The average Bonchev–Trinajstić information content (AvgIpc) is 2.95. The fourth-order valence-corrected chi connectivity index (χ4v) is 2.75. The lowest BCUT2D eigenvalue weighted by Gasteiger charge is -2.21. The van der Waals surface area contributed by atoms with Crippen molar-refractivity contribution in [1.82, 2.24) is 5.32 Å². The molecule has 1 aliphatic carbocycles. The van der Waals surface area contributed by atoms with E-state index in [-0.39, 0.29) is 0 Å². The van der Waals surface area contributed by atoms with Gasteiger partial charge in [0, 0.05) is 19.4 Å². The van der Waals surface area contributed by atoms with Crippen molar-refractivity contribution in [2.24, 2.45) is 0 Å². The Kier molecular flexibility index (Phi) is 2.92. The molecule has 2 aliphatic rings. The molecule has 18 heavy (non-hydrogen) atoms. The molecule has 0 amide bonds. The molecular formula is C14H19NO3. The first-order valence-corrected chi connectivity index (χ1v) is 6.57. The van der Waals surface area contributed by atoms with Crippen LogP contribution < -0.4 is 14.8 Å². The van der Waals surface area contributed by atoms with Crippen molar-refractivity contribution < 1.29 is 14.6 Å². The molecule has 98 valence electrons. The van der Waals surface area contributed by atoms with Crippen molar-refractivity contribution in [3.8, 4) is 11.5 Å². The van der Waals surface area contributed by atoms with Gasteiger partial charge >= 0.3 is 0 Å². The zero-order valence-electron chi connectivity index (χ0n) is 10.6. The first kappa shape index (κ1) is 11.8. The van der Waals surface area contributed by atoms with Crippen LogP contribution in [0.3, 0.4) is 0 Å². The van der Waals surface area contributed by atoms with Crippen LogP contribution in [0.15, 0.2) is 18.2 Å². The number of rotatable bonds is 3. The summed E-state index contributed by atoms with van der Waals surface area (Å²) in [6, 6.07) is 5.69. The Hall–Kier alpha value is -1.26. The van der Waals surface area contributed by atoms with Gasteiger partial charge in [-0.2, -0.15) is 0 Å². The second kappa shape index (κ2) is 4.44. The molecule has 0 aromatic heterocycles. The van der Waals surface area contributed by atoms with Gasteiger partial charge in [-0.3, -0.25) is 0 Å². The summed E-state index contributed by atoms with van der Waals surface area (Å²) in [5, 5.41) is 12.9. The molecular weight excluding hydrogens is 230 g/mol. The van der Waals surface area contributed by atoms with Gasteiger partial charge in [-0.15, -0.1) is 0 Å². The highest BCUT2D eigenvalue weighted by molar-refractivity contribution is 5.46. The lowest BCUT2D eigenvalue weighted by Crippen LogP contribution is -2.34. The quantitative estimate of drug-likeness (QED) is 0.860. The van der Waals surface area contributed by atoms with Crippen LogP contribution in [-0.4, -0.2) is 24.5 Å². The zero-order chi connectivity index (χ0) is 12.6. The van der Waals surface area contributed by atoms with Crippen LogP contribution in [0.1, 0.15) is 37.4 Å². The molecule has 2 N–H and O–H groups in total. The van der Waals surface area contributed by atoms with E-state index < -0.39 is 11.9 Å². The lowest BCUT2D eigenvalue weighted by atomic mass is 10.1. The van der Waals surface area contributed by atoms with E-state index in [9.17, 15) is 5.11 Å². The highest BCUT2D eigenvalue weighted by Crippen LogP contribution is 2.47. The Morgan fingerprint density at radius 3 is 2.72 bits per heavy atom. The first-order valence-electron chi connectivity index (χ1n) is 6.57. The molecule has 1 heterocycles. The van der Waals surface area contributed by atoms with Crippen LogP contribution >= 0.6 is 0 Å². The van der Waals surface area contributed by atoms with Crippen molar-refractivity contribution >= 4 is 0 Å². The number of nitrogens with one attached hydrogen (secondary N) is 1. The highest BCUT2D eigenvalue weighted by atomic mass is 16.7. The maximum Gasteiger partial charge on any atom is 0.251 e. The molecule has 1 fully saturated rings. The molecule has 0 saturated heterocycles. The van der Waals surface area contributed by atoms with Crippen LogP contribution in [0, 0.1) is 0 Å². The molecule has 1 spiro atoms. The minimum absolute atomic E-state index is 0.422. The Labute approximate surface area is 107 Å². The van der Waals surface area contributed by atoms with Gasteiger partial charge in [-0.1, -0.05) is 6.07 Å². The molecule has 1 saturated carbocycles. The summed E-state index contributed by atoms with van der Waals surface area (Å²) in [4.78, 5) is 0. The van der Waals surface area contributed by atoms with Crippen molar-refractivity contribution in [2.45, 2.75) is 37.6 Å². The average molecular weight is 249 g/mol. The fourth-order valence-electron chi connectivity index (χ4n) is 2.75. The van der Waals surface area contributed by atoms with E-state index in [0.29, 0.717) is 6.54 Å². The number of ether oxygens (including phenoxy) is 2. The van der Waals surface area contributed by atoms with Gasteiger partial charge in [0.15, 0.2) is 11.5 Å². The van der Waals surface area contributed by atoms with Crippen molar-refractivity contribution in [1.29, 1.82) is 0 Å². The van der Waals surface area contributed by atoms with Gasteiger partial charge in [-0.25, -0.2) is 0 Å². The van der Waals surface area contributed by atoms with Crippen LogP contribution in [0.2, 0.25) is 0 Å². The molecule has 0 radical (unpaired) electrons. The smallest absolute Gasteiger partial charge is 0.251 e. The summed E-state index contributed by atoms with van der Waals surface area (Å²) in [6.07, 6.45) is 3.71. The molecule has 4 heteroatoms. The number of aliphatic hydroxyl groups is 1. The fraction of sp³-hybridized carbons (Fsp3) is 0.571. The monoisotopic (exact) mass is 249 g/mol. The molecule has 1 atom stereocenters. The van der Waals surface area contributed by atoms with Gasteiger partial charge in [0.05, 0.1) is 6.10 Å². The Morgan fingerprint density at radius 1 is 1.28 bits per heavy atom. The molecule has 0 bridgehead atoms. The third-order valence-corrected chi connectivity index (χ3v) is 3.71. The Bertz CT molecular complexity index is 441. The third kappa shape index (κ3) is 1.95. The van der Waals surface area contributed by atoms with Crippen LogP contribution in [-0.2, 0) is 0 Å². The number of hydrogen-bond donors (Lipinski definition) is 2. The van der Waals surface area contributed by atoms with Gasteiger partial charge in [-0.05, 0) is 37.6 Å². The van der Waals surface area contributed by atoms with Crippen LogP contribution in [0.5, 0.6) is 11.5 Å². The first-order chi connectivity index (χ1) is 8.72. The minimum Gasteiger partial charge on any atom is -0.448 e. The normalized spacial score (nSPS) is 21.4. The largest absolute Gasteiger partial charge is 0.448 e. The number of hydrogen-bond acceptors (Lipinski definition) is 4. The van der Waals surface area contributed by atoms with E-state index in [1.54, 1.807) is 0 Å². The SMILES string of the molecule is CNCC(O)c1ccc2c(c1)OC1(CCCC1)O2. The van der Waals surface area contributed by atoms with Crippen molar-refractivity contribution in [2.75, 3.05) is 13.6 Å². The van der Waals surface area contributed by atoms with Gasteiger partial charge in [0.2, 0.25) is 0 Å². The maximum absolute atomic E-state index is 9.95. The predicted octanol–water partition coefficient (Wildman–Crippen LogP) is 1.98. The number of benzene rings is 1. The van der Waals surface area contributed by atoms with Crippen molar-refractivity contribution in [3.05, 3.63) is 23.8 Å². The van der Waals surface area contributed by atoms with Crippen molar-refractivity contribution in [3.63, 3.8) is 0 Å². The Balaban J connectivity index is 1.82. The summed E-state index contributed by atoms with van der Waals surface area (Å²) >= 11 is 0. The molecule has 1 unspecified atom stereocenters. The molecule has 1 aromatic carbocycles. The standard InChI is InChI=1S/C14H19NO3/c1-15-9-11(16)10-4-5-12-13(8-10)18-14(17-12)6-2-3-7-14/h4-5,8,11,15-16H,2-3,6-7,9H2,1H3. The lowest BCUT2D eigenvalue weighted by molar-refractivity contribution is -0.0716. The number of aliphatic hydroxyl groups excluding tert-OH is 1. The molecule has 1 aromatic rings. The molecule has 1 aliphatic heterocycles. The summed E-state index contributed by atoms with van der Waals surface area (Å²) in [5.74, 6) is 1.15. The summed E-state index contributed by atoms with van der Waals surface area (Å²) in [6.45, 7) is 0.533. The zero-order valence-corrected chi connectivity index (χ0v) is 10.6. The van der Waals surface area contributed by atoms with E-state index in [1.807, 2.05) is 25.2 Å². The summed E-state index contributed by atoms with van der Waals surface area (Å²) in [5.41, 5.74) is 0.863. The van der Waals surface area contributed by atoms with E-state index in [0.717, 1.165) is 42.7 Å². The molecule has 3 rings (SSSR count). The van der Waals surface area contributed by atoms with Crippen LogP contribution in [0.4, 0.5) is 0 Å². The summed E-state index contributed by atoms with van der Waals surface area (Å²) < 4.78 is 11.9. The summed E-state index contributed by atoms with van der Waals surface area (Å²) in [7, 11) is 1.82. The van der Waals surface area contributed by atoms with E-state index in [2.05, 4.69) is 5.32 Å². The van der Waals surface area contributed by atoms with Crippen LogP contribution in [0.25, 0.3) is 0 Å². The number of likely N-dealkylation sites (N-methyl/N-ethyl adjacent to an activating group) is 1. The minimum atomic E-state index is -0.510. The second-order valence-corrected chi connectivity index (χ2v) is 5.10.